The monoisotopic (exact) mass is 362 g/mol. The van der Waals surface area contributed by atoms with Crippen molar-refractivity contribution in [2.45, 2.75) is 26.7 Å². The van der Waals surface area contributed by atoms with Gasteiger partial charge >= 0.3 is 5.97 Å². The van der Waals surface area contributed by atoms with Crippen LogP contribution in [0, 0.1) is 19.8 Å². The SMILES string of the molecule is COC(=O)c1sc2nc(C)nc(N(C)CC3CCCN(C)C3)c2c1C. The Kier molecular flexibility index (Phi) is 5.24. The van der Waals surface area contributed by atoms with Gasteiger partial charge in [0.25, 0.3) is 0 Å². The Morgan fingerprint density at radius 2 is 2.16 bits per heavy atom. The summed E-state index contributed by atoms with van der Waals surface area (Å²) in [6.45, 7) is 7.11. The molecule has 1 atom stereocenters. The number of aryl methyl sites for hydroxylation is 2. The van der Waals surface area contributed by atoms with Crippen LogP contribution in [0.5, 0.6) is 0 Å². The molecule has 0 saturated carbocycles. The second kappa shape index (κ2) is 7.25. The highest BCUT2D eigenvalue weighted by Crippen LogP contribution is 2.36. The van der Waals surface area contributed by atoms with Gasteiger partial charge in [0.2, 0.25) is 0 Å². The first-order valence-electron chi connectivity index (χ1n) is 8.66. The number of aromatic nitrogens is 2. The molecule has 6 nitrogen and oxygen atoms in total. The van der Waals surface area contributed by atoms with Crippen molar-refractivity contribution in [3.05, 3.63) is 16.3 Å². The molecular weight excluding hydrogens is 336 g/mol. The third-order valence-electron chi connectivity index (χ3n) is 4.87. The minimum atomic E-state index is -0.305. The first kappa shape index (κ1) is 18.1. The molecule has 0 aromatic carbocycles. The van der Waals surface area contributed by atoms with E-state index in [9.17, 15) is 4.79 Å². The minimum absolute atomic E-state index is 0.305. The van der Waals surface area contributed by atoms with E-state index in [4.69, 9.17) is 9.72 Å². The van der Waals surface area contributed by atoms with Gasteiger partial charge in [0.05, 0.1) is 12.5 Å². The molecular formula is C18H26N4O2S. The molecule has 0 bridgehead atoms. The van der Waals surface area contributed by atoms with Gasteiger partial charge in [0, 0.05) is 20.1 Å². The van der Waals surface area contributed by atoms with Crippen molar-refractivity contribution in [2.24, 2.45) is 5.92 Å². The number of ether oxygens (including phenoxy) is 1. The van der Waals surface area contributed by atoms with Gasteiger partial charge in [-0.2, -0.15) is 0 Å². The molecule has 1 aliphatic heterocycles. The lowest BCUT2D eigenvalue weighted by Gasteiger charge is -2.33. The Morgan fingerprint density at radius 1 is 1.40 bits per heavy atom. The molecule has 25 heavy (non-hydrogen) atoms. The topological polar surface area (TPSA) is 58.6 Å². The molecule has 7 heteroatoms. The van der Waals surface area contributed by atoms with E-state index in [0.29, 0.717) is 10.8 Å². The van der Waals surface area contributed by atoms with Crippen LogP contribution in [-0.2, 0) is 4.74 Å². The molecule has 0 spiro atoms. The highest BCUT2D eigenvalue weighted by Gasteiger charge is 2.24. The molecule has 3 heterocycles. The number of fused-ring (bicyclic) bond motifs is 1. The zero-order chi connectivity index (χ0) is 18.1. The average Bonchev–Trinajstić information content (AvgIpc) is 2.90. The number of methoxy groups -OCH3 is 1. The molecule has 2 aromatic rings. The molecule has 0 N–H and O–H groups in total. The van der Waals surface area contributed by atoms with Crippen LogP contribution in [0.15, 0.2) is 0 Å². The van der Waals surface area contributed by atoms with Crippen LogP contribution in [0.3, 0.4) is 0 Å². The van der Waals surface area contributed by atoms with Gasteiger partial charge in [-0.15, -0.1) is 11.3 Å². The van der Waals surface area contributed by atoms with Gasteiger partial charge in [-0.05, 0) is 51.8 Å². The number of piperidine rings is 1. The lowest BCUT2D eigenvalue weighted by molar-refractivity contribution is 0.0605. The molecule has 0 aliphatic carbocycles. The van der Waals surface area contributed by atoms with Crippen LogP contribution < -0.4 is 4.90 Å². The predicted octanol–water partition coefficient (Wildman–Crippen LogP) is 2.87. The van der Waals surface area contributed by atoms with Crippen LogP contribution in [0.2, 0.25) is 0 Å². The molecule has 0 radical (unpaired) electrons. The number of likely N-dealkylation sites (tertiary alicyclic amines) is 1. The highest BCUT2D eigenvalue weighted by molar-refractivity contribution is 7.20. The Labute approximate surface area is 152 Å². The van der Waals surface area contributed by atoms with Crippen LogP contribution in [0.1, 0.15) is 33.9 Å². The maximum atomic E-state index is 12.0. The van der Waals surface area contributed by atoms with Crippen LogP contribution in [0.4, 0.5) is 5.82 Å². The molecule has 3 rings (SSSR count). The van der Waals surface area contributed by atoms with Crippen LogP contribution in [0.25, 0.3) is 10.2 Å². The number of anilines is 1. The maximum Gasteiger partial charge on any atom is 0.348 e. The molecule has 2 aromatic heterocycles. The number of hydrogen-bond acceptors (Lipinski definition) is 7. The molecule has 0 amide bonds. The minimum Gasteiger partial charge on any atom is -0.465 e. The van der Waals surface area contributed by atoms with Crippen molar-refractivity contribution in [3.63, 3.8) is 0 Å². The summed E-state index contributed by atoms with van der Waals surface area (Å²) in [5.74, 6) is 1.97. The molecule has 1 unspecified atom stereocenters. The quantitative estimate of drug-likeness (QED) is 0.780. The number of carbonyl (C=O) groups is 1. The smallest absolute Gasteiger partial charge is 0.348 e. The summed E-state index contributed by atoms with van der Waals surface area (Å²) in [5, 5.41) is 0.975. The summed E-state index contributed by atoms with van der Waals surface area (Å²) in [7, 11) is 5.69. The molecule has 1 aliphatic rings. The normalized spacial score (nSPS) is 18.5. The zero-order valence-corrected chi connectivity index (χ0v) is 16.4. The van der Waals surface area contributed by atoms with E-state index in [2.05, 4.69) is 28.9 Å². The summed E-state index contributed by atoms with van der Waals surface area (Å²) in [6, 6.07) is 0. The fraction of sp³-hybridized carbons (Fsp3) is 0.611. The first-order chi connectivity index (χ1) is 11.9. The second-order valence-corrected chi connectivity index (χ2v) is 7.97. The lowest BCUT2D eigenvalue weighted by Crippen LogP contribution is -2.38. The first-order valence-corrected chi connectivity index (χ1v) is 9.48. The summed E-state index contributed by atoms with van der Waals surface area (Å²) in [5.41, 5.74) is 0.912. The van der Waals surface area contributed by atoms with Crippen molar-refractivity contribution < 1.29 is 9.53 Å². The van der Waals surface area contributed by atoms with Gasteiger partial charge in [-0.1, -0.05) is 0 Å². The molecule has 1 fully saturated rings. The van der Waals surface area contributed by atoms with Crippen LogP contribution >= 0.6 is 11.3 Å². The number of nitrogens with zero attached hydrogens (tertiary/aromatic N) is 4. The van der Waals surface area contributed by atoms with E-state index in [-0.39, 0.29) is 5.97 Å². The van der Waals surface area contributed by atoms with E-state index in [1.807, 2.05) is 13.8 Å². The Balaban J connectivity index is 1.96. The van der Waals surface area contributed by atoms with Gasteiger partial charge in [0.15, 0.2) is 0 Å². The number of carbonyl (C=O) groups excluding carboxylic acids is 1. The van der Waals surface area contributed by atoms with Crippen molar-refractivity contribution in [3.8, 4) is 0 Å². The van der Waals surface area contributed by atoms with Crippen LogP contribution in [-0.4, -0.2) is 61.7 Å². The number of hydrogen-bond donors (Lipinski definition) is 0. The summed E-state index contributed by atoms with van der Waals surface area (Å²) in [6.07, 6.45) is 2.50. The van der Waals surface area contributed by atoms with E-state index < -0.39 is 0 Å². The summed E-state index contributed by atoms with van der Waals surface area (Å²) < 4.78 is 4.91. The van der Waals surface area contributed by atoms with E-state index >= 15 is 0 Å². The maximum absolute atomic E-state index is 12.0. The second-order valence-electron chi connectivity index (χ2n) is 6.97. The number of thiophene rings is 1. The number of rotatable bonds is 4. The van der Waals surface area contributed by atoms with Crippen molar-refractivity contribution in [1.82, 2.24) is 14.9 Å². The lowest BCUT2D eigenvalue weighted by atomic mass is 9.98. The molecule has 136 valence electrons. The van der Waals surface area contributed by atoms with E-state index in [0.717, 1.165) is 40.5 Å². The predicted molar refractivity (Wildman–Crippen MR) is 102 cm³/mol. The fourth-order valence-electron chi connectivity index (χ4n) is 3.68. The fourth-order valence-corrected chi connectivity index (χ4v) is 4.82. The van der Waals surface area contributed by atoms with Gasteiger partial charge in [0.1, 0.15) is 21.3 Å². The van der Waals surface area contributed by atoms with Crippen molar-refractivity contribution in [1.29, 1.82) is 0 Å². The number of esters is 1. The van der Waals surface area contributed by atoms with Gasteiger partial charge in [-0.3, -0.25) is 0 Å². The Morgan fingerprint density at radius 3 is 2.84 bits per heavy atom. The van der Waals surface area contributed by atoms with E-state index in [1.54, 1.807) is 0 Å². The Hall–Kier alpha value is -1.73. The van der Waals surface area contributed by atoms with Crippen molar-refractivity contribution in [2.75, 3.05) is 45.7 Å². The summed E-state index contributed by atoms with van der Waals surface area (Å²) in [4.78, 5) is 27.4. The average molecular weight is 362 g/mol. The Bertz CT molecular complexity index is 789. The largest absolute Gasteiger partial charge is 0.465 e. The third kappa shape index (κ3) is 3.62. The van der Waals surface area contributed by atoms with Gasteiger partial charge in [-0.25, -0.2) is 14.8 Å². The van der Waals surface area contributed by atoms with E-state index in [1.165, 1.54) is 37.8 Å². The highest BCUT2D eigenvalue weighted by atomic mass is 32.1. The zero-order valence-electron chi connectivity index (χ0n) is 15.6. The summed E-state index contributed by atoms with van der Waals surface area (Å²) >= 11 is 1.39. The third-order valence-corrected chi connectivity index (χ3v) is 6.04. The molecule has 1 saturated heterocycles. The van der Waals surface area contributed by atoms with Crippen molar-refractivity contribution >= 4 is 33.3 Å². The standard InChI is InChI=1S/C18H26N4O2S/c1-11-14-16(22(4)10-13-7-6-8-21(3)9-13)19-12(2)20-17(14)25-15(11)18(23)24-5/h13H,6-10H2,1-5H3. The van der Waals surface area contributed by atoms with Gasteiger partial charge < -0.3 is 14.5 Å².